The lowest BCUT2D eigenvalue weighted by atomic mass is 9.94. The number of carbonyl (C=O) groups excluding carboxylic acids is 1. The molecule has 0 bridgehead atoms. The van der Waals surface area contributed by atoms with E-state index in [1.807, 2.05) is 11.8 Å². The van der Waals surface area contributed by atoms with Crippen LogP contribution in [0.4, 0.5) is 5.69 Å². The Morgan fingerprint density at radius 1 is 1.36 bits per heavy atom. The first-order valence-corrected chi connectivity index (χ1v) is 7.85. The van der Waals surface area contributed by atoms with Crippen LogP contribution in [0.1, 0.15) is 44.6 Å². The van der Waals surface area contributed by atoms with E-state index in [-0.39, 0.29) is 11.6 Å². The Morgan fingerprint density at radius 2 is 2.09 bits per heavy atom. The van der Waals surface area contributed by atoms with E-state index in [0.29, 0.717) is 18.2 Å². The molecular weight excluding hydrogens is 280 g/mol. The number of likely N-dealkylation sites (N-methyl/N-ethyl adjacent to an activating group) is 1. The van der Waals surface area contributed by atoms with Crippen molar-refractivity contribution in [1.29, 1.82) is 0 Å². The molecule has 1 aliphatic carbocycles. The Kier molecular flexibility index (Phi) is 5.69. The molecular formula is C17H22N2O3. The minimum Gasteiger partial charge on any atom is -0.336 e. The summed E-state index contributed by atoms with van der Waals surface area (Å²) in [4.78, 5) is 24.6. The number of hydrogen-bond acceptors (Lipinski definition) is 3. The largest absolute Gasteiger partial charge is 0.336 e. The monoisotopic (exact) mass is 302 g/mol. The quantitative estimate of drug-likeness (QED) is 0.472. The highest BCUT2D eigenvalue weighted by atomic mass is 16.6. The number of non-ortho nitro benzene ring substituents is 1. The maximum atomic E-state index is 12.4. The molecule has 0 radical (unpaired) electrons. The summed E-state index contributed by atoms with van der Waals surface area (Å²) in [5, 5.41) is 10.8. The van der Waals surface area contributed by atoms with Crippen LogP contribution in [-0.2, 0) is 4.79 Å². The molecule has 1 fully saturated rings. The highest BCUT2D eigenvalue weighted by Gasteiger charge is 2.22. The van der Waals surface area contributed by atoms with Crippen LogP contribution in [0.3, 0.4) is 0 Å². The molecule has 0 aliphatic heterocycles. The van der Waals surface area contributed by atoms with Crippen molar-refractivity contribution >= 4 is 17.7 Å². The molecule has 0 atom stereocenters. The maximum Gasteiger partial charge on any atom is 0.270 e. The predicted octanol–water partition coefficient (Wildman–Crippen LogP) is 3.79. The van der Waals surface area contributed by atoms with Crippen LogP contribution in [0.25, 0.3) is 6.08 Å². The molecule has 2 rings (SSSR count). The molecule has 0 unspecified atom stereocenters. The van der Waals surface area contributed by atoms with E-state index < -0.39 is 4.92 Å². The summed E-state index contributed by atoms with van der Waals surface area (Å²) in [6.45, 7) is 2.69. The van der Waals surface area contributed by atoms with Gasteiger partial charge in [-0.2, -0.15) is 0 Å². The zero-order valence-corrected chi connectivity index (χ0v) is 12.9. The Bertz CT molecular complexity index is 563. The van der Waals surface area contributed by atoms with Gasteiger partial charge in [-0.3, -0.25) is 14.9 Å². The highest BCUT2D eigenvalue weighted by Crippen LogP contribution is 2.23. The number of carbonyl (C=O) groups is 1. The number of nitrogens with zero attached hydrogens (tertiary/aromatic N) is 2. The van der Waals surface area contributed by atoms with E-state index in [1.165, 1.54) is 37.5 Å². The van der Waals surface area contributed by atoms with Crippen LogP contribution in [0, 0.1) is 10.1 Å². The number of rotatable bonds is 5. The second-order valence-electron chi connectivity index (χ2n) is 5.60. The first-order chi connectivity index (χ1) is 10.6. The Labute approximate surface area is 130 Å². The van der Waals surface area contributed by atoms with Crippen LogP contribution in [-0.4, -0.2) is 28.3 Å². The Balaban J connectivity index is 2.05. The number of hydrogen-bond donors (Lipinski definition) is 0. The molecule has 22 heavy (non-hydrogen) atoms. The Morgan fingerprint density at radius 3 is 2.73 bits per heavy atom. The van der Waals surface area contributed by atoms with Crippen molar-refractivity contribution in [2.24, 2.45) is 0 Å². The third kappa shape index (κ3) is 4.16. The molecule has 5 nitrogen and oxygen atoms in total. The fourth-order valence-electron chi connectivity index (χ4n) is 2.99. The molecule has 0 N–H and O–H groups in total. The van der Waals surface area contributed by atoms with Crippen LogP contribution in [0.2, 0.25) is 0 Å². The van der Waals surface area contributed by atoms with Crippen molar-refractivity contribution in [2.75, 3.05) is 6.54 Å². The average Bonchev–Trinajstić information content (AvgIpc) is 2.55. The van der Waals surface area contributed by atoms with E-state index in [2.05, 4.69) is 0 Å². The molecule has 0 spiro atoms. The van der Waals surface area contributed by atoms with E-state index in [9.17, 15) is 14.9 Å². The van der Waals surface area contributed by atoms with Gasteiger partial charge in [-0.25, -0.2) is 0 Å². The average molecular weight is 302 g/mol. The first kappa shape index (κ1) is 16.2. The SMILES string of the molecule is CCN(C(=O)C=Cc1cccc([N+](=O)[O-])c1)C1CCCCC1. The third-order valence-electron chi connectivity index (χ3n) is 4.14. The number of nitro benzene ring substituents is 1. The lowest BCUT2D eigenvalue weighted by Crippen LogP contribution is -2.40. The summed E-state index contributed by atoms with van der Waals surface area (Å²) in [5.41, 5.74) is 0.705. The molecule has 1 aliphatic rings. The zero-order valence-electron chi connectivity index (χ0n) is 12.9. The summed E-state index contributed by atoms with van der Waals surface area (Å²) >= 11 is 0. The minimum absolute atomic E-state index is 0.0130. The van der Waals surface area contributed by atoms with Gasteiger partial charge in [0, 0.05) is 30.8 Å². The molecule has 1 aromatic rings. The van der Waals surface area contributed by atoms with E-state index >= 15 is 0 Å². The summed E-state index contributed by atoms with van der Waals surface area (Å²) in [5.74, 6) is -0.0130. The van der Waals surface area contributed by atoms with Gasteiger partial charge < -0.3 is 4.90 Å². The van der Waals surface area contributed by atoms with Crippen molar-refractivity contribution in [1.82, 2.24) is 4.90 Å². The number of benzene rings is 1. The summed E-state index contributed by atoms with van der Waals surface area (Å²) in [7, 11) is 0. The molecule has 1 saturated carbocycles. The molecule has 0 aromatic heterocycles. The van der Waals surface area contributed by atoms with Crippen LogP contribution < -0.4 is 0 Å². The van der Waals surface area contributed by atoms with Gasteiger partial charge in [-0.1, -0.05) is 31.4 Å². The smallest absolute Gasteiger partial charge is 0.270 e. The van der Waals surface area contributed by atoms with Crippen molar-refractivity contribution in [3.8, 4) is 0 Å². The minimum atomic E-state index is -0.431. The molecule has 1 aromatic carbocycles. The molecule has 0 saturated heterocycles. The van der Waals surface area contributed by atoms with Gasteiger partial charge in [0.25, 0.3) is 5.69 Å². The second kappa shape index (κ2) is 7.73. The van der Waals surface area contributed by atoms with E-state index in [1.54, 1.807) is 18.2 Å². The zero-order chi connectivity index (χ0) is 15.9. The number of amides is 1. The van der Waals surface area contributed by atoms with Gasteiger partial charge in [0.1, 0.15) is 0 Å². The summed E-state index contributed by atoms with van der Waals surface area (Å²) in [6, 6.07) is 6.63. The van der Waals surface area contributed by atoms with Crippen molar-refractivity contribution < 1.29 is 9.72 Å². The molecule has 118 valence electrons. The third-order valence-corrected chi connectivity index (χ3v) is 4.14. The summed E-state index contributed by atoms with van der Waals surface area (Å²) in [6.07, 6.45) is 8.95. The normalized spacial score (nSPS) is 15.9. The first-order valence-electron chi connectivity index (χ1n) is 7.85. The van der Waals surface area contributed by atoms with E-state index in [4.69, 9.17) is 0 Å². The van der Waals surface area contributed by atoms with Gasteiger partial charge in [-0.15, -0.1) is 0 Å². The lowest BCUT2D eigenvalue weighted by Gasteiger charge is -2.32. The van der Waals surface area contributed by atoms with Gasteiger partial charge in [0.2, 0.25) is 5.91 Å². The van der Waals surface area contributed by atoms with Gasteiger partial charge in [0.05, 0.1) is 4.92 Å². The van der Waals surface area contributed by atoms with Gasteiger partial charge in [-0.05, 0) is 31.4 Å². The Hall–Kier alpha value is -2.17. The van der Waals surface area contributed by atoms with Crippen molar-refractivity contribution in [3.05, 3.63) is 46.0 Å². The summed E-state index contributed by atoms with van der Waals surface area (Å²) < 4.78 is 0. The van der Waals surface area contributed by atoms with Gasteiger partial charge >= 0.3 is 0 Å². The standard InChI is InChI=1S/C17H22N2O3/c1-2-18(15-8-4-3-5-9-15)17(20)12-11-14-7-6-10-16(13-14)19(21)22/h6-7,10-13,15H,2-5,8-9H2,1H3. The lowest BCUT2D eigenvalue weighted by molar-refractivity contribution is -0.384. The van der Waals surface area contributed by atoms with Gasteiger partial charge in [0.15, 0.2) is 0 Å². The highest BCUT2D eigenvalue weighted by molar-refractivity contribution is 5.92. The fraction of sp³-hybridized carbons (Fsp3) is 0.471. The number of nitro groups is 1. The van der Waals surface area contributed by atoms with E-state index in [0.717, 1.165) is 12.8 Å². The molecule has 0 heterocycles. The van der Waals surface area contributed by atoms with Crippen LogP contribution >= 0.6 is 0 Å². The van der Waals surface area contributed by atoms with Crippen molar-refractivity contribution in [3.63, 3.8) is 0 Å². The van der Waals surface area contributed by atoms with Crippen LogP contribution in [0.5, 0.6) is 0 Å². The topological polar surface area (TPSA) is 63.5 Å². The van der Waals surface area contributed by atoms with Crippen LogP contribution in [0.15, 0.2) is 30.3 Å². The molecule has 1 amide bonds. The fourth-order valence-corrected chi connectivity index (χ4v) is 2.99. The second-order valence-corrected chi connectivity index (χ2v) is 5.60. The van der Waals surface area contributed by atoms with Crippen molar-refractivity contribution in [2.45, 2.75) is 45.1 Å². The predicted molar refractivity (Wildman–Crippen MR) is 86.4 cm³/mol. The molecule has 5 heteroatoms. The maximum absolute atomic E-state index is 12.4.